The van der Waals surface area contributed by atoms with E-state index in [2.05, 4.69) is 12.1 Å². The van der Waals surface area contributed by atoms with Gasteiger partial charge in [-0.05, 0) is 73.9 Å². The minimum Gasteiger partial charge on any atom is -0.497 e. The van der Waals surface area contributed by atoms with Gasteiger partial charge in [-0.3, -0.25) is 9.36 Å². The van der Waals surface area contributed by atoms with Crippen LogP contribution in [0.1, 0.15) is 17.5 Å². The van der Waals surface area contributed by atoms with Gasteiger partial charge in [0.2, 0.25) is 0 Å². The molecule has 4 rings (SSSR count). The summed E-state index contributed by atoms with van der Waals surface area (Å²) in [5.74, 6) is 2.30. The van der Waals surface area contributed by atoms with Crippen molar-refractivity contribution in [2.45, 2.75) is 26.8 Å². The number of nitrogens with zero attached hydrogens (tertiary/aromatic N) is 2. The van der Waals surface area contributed by atoms with Crippen LogP contribution in [-0.4, -0.2) is 23.3 Å². The molecule has 0 bridgehead atoms. The number of para-hydroxylation sites is 1. The lowest BCUT2D eigenvalue weighted by Crippen LogP contribution is -2.24. The van der Waals surface area contributed by atoms with E-state index in [1.807, 2.05) is 68.4 Å². The molecule has 1 heterocycles. The number of fused-ring (bicyclic) bond motifs is 1. The molecule has 3 aromatic carbocycles. The minimum absolute atomic E-state index is 0.0387. The number of aryl methyl sites for hydroxylation is 2. The van der Waals surface area contributed by atoms with Crippen molar-refractivity contribution in [2.24, 2.45) is 0 Å². The molecule has 5 nitrogen and oxygen atoms in total. The van der Waals surface area contributed by atoms with Gasteiger partial charge in [-0.15, -0.1) is 0 Å². The third-order valence-electron chi connectivity index (χ3n) is 5.34. The molecule has 0 radical (unpaired) electrons. The molecule has 0 spiro atoms. The van der Waals surface area contributed by atoms with Gasteiger partial charge < -0.3 is 9.47 Å². The van der Waals surface area contributed by atoms with Crippen LogP contribution in [-0.2, 0) is 6.54 Å². The Morgan fingerprint density at radius 3 is 2.52 bits per heavy atom. The van der Waals surface area contributed by atoms with E-state index in [1.165, 1.54) is 0 Å². The van der Waals surface area contributed by atoms with E-state index in [-0.39, 0.29) is 5.56 Å². The summed E-state index contributed by atoms with van der Waals surface area (Å²) in [5, 5.41) is 0.621. The summed E-state index contributed by atoms with van der Waals surface area (Å²) >= 11 is 0. The summed E-state index contributed by atoms with van der Waals surface area (Å²) < 4.78 is 13.0. The molecule has 5 heteroatoms. The molecule has 0 aliphatic carbocycles. The van der Waals surface area contributed by atoms with E-state index >= 15 is 0 Å². The molecular weight excluding hydrogens is 388 g/mol. The molecule has 158 valence electrons. The lowest BCUT2D eigenvalue weighted by atomic mass is 10.1. The van der Waals surface area contributed by atoms with Crippen LogP contribution in [0.15, 0.2) is 71.5 Å². The zero-order valence-corrected chi connectivity index (χ0v) is 18.1. The van der Waals surface area contributed by atoms with Crippen molar-refractivity contribution in [3.05, 3.63) is 88.2 Å². The Labute approximate surface area is 181 Å². The molecule has 1 aromatic heterocycles. The monoisotopic (exact) mass is 414 g/mol. The Morgan fingerprint density at radius 2 is 1.74 bits per heavy atom. The van der Waals surface area contributed by atoms with E-state index in [0.717, 1.165) is 28.2 Å². The first kappa shape index (κ1) is 20.7. The molecule has 0 N–H and O–H groups in total. The topological polar surface area (TPSA) is 53.3 Å². The first-order chi connectivity index (χ1) is 15.1. The zero-order chi connectivity index (χ0) is 21.8. The van der Waals surface area contributed by atoms with Crippen LogP contribution in [0.3, 0.4) is 0 Å². The van der Waals surface area contributed by atoms with Gasteiger partial charge in [-0.2, -0.15) is 0 Å². The van der Waals surface area contributed by atoms with Crippen LogP contribution in [0, 0.1) is 13.8 Å². The van der Waals surface area contributed by atoms with Crippen molar-refractivity contribution < 1.29 is 9.47 Å². The number of aromatic nitrogens is 2. The van der Waals surface area contributed by atoms with Crippen molar-refractivity contribution in [3.8, 4) is 22.9 Å². The zero-order valence-electron chi connectivity index (χ0n) is 18.1. The normalized spacial score (nSPS) is 10.9. The van der Waals surface area contributed by atoms with Gasteiger partial charge in [0, 0.05) is 12.1 Å². The predicted molar refractivity (Wildman–Crippen MR) is 124 cm³/mol. The van der Waals surface area contributed by atoms with E-state index in [0.29, 0.717) is 36.3 Å². The maximum absolute atomic E-state index is 13.3. The Hall–Kier alpha value is -3.60. The Balaban J connectivity index is 1.62. The lowest BCUT2D eigenvalue weighted by Gasteiger charge is -2.15. The second kappa shape index (κ2) is 9.04. The van der Waals surface area contributed by atoms with Crippen molar-refractivity contribution in [3.63, 3.8) is 0 Å². The third-order valence-corrected chi connectivity index (χ3v) is 5.34. The second-order valence-corrected chi connectivity index (χ2v) is 7.61. The van der Waals surface area contributed by atoms with E-state index < -0.39 is 0 Å². The average molecular weight is 415 g/mol. The highest BCUT2D eigenvalue weighted by atomic mass is 16.5. The van der Waals surface area contributed by atoms with Crippen molar-refractivity contribution in [1.29, 1.82) is 0 Å². The fourth-order valence-corrected chi connectivity index (χ4v) is 3.60. The standard InChI is InChI=1S/C26H26N2O3/c1-18-9-10-19(2)24(17-18)31-16-6-15-28-25(20-11-13-21(30-3)14-12-20)27-23-8-5-4-7-22(23)26(28)29/h4-5,7-14,17H,6,15-16H2,1-3H3. The van der Waals surface area contributed by atoms with Crippen molar-refractivity contribution >= 4 is 10.9 Å². The van der Waals surface area contributed by atoms with Gasteiger partial charge in [-0.1, -0.05) is 24.3 Å². The quantitative estimate of drug-likeness (QED) is 0.392. The maximum Gasteiger partial charge on any atom is 0.261 e. The van der Waals surface area contributed by atoms with Crippen LogP contribution in [0.25, 0.3) is 22.3 Å². The molecular formula is C26H26N2O3. The van der Waals surface area contributed by atoms with Gasteiger partial charge >= 0.3 is 0 Å². The summed E-state index contributed by atoms with van der Waals surface area (Å²) in [5.41, 5.74) is 3.80. The first-order valence-electron chi connectivity index (χ1n) is 10.4. The molecule has 31 heavy (non-hydrogen) atoms. The third kappa shape index (κ3) is 4.45. The van der Waals surface area contributed by atoms with Gasteiger partial charge in [0.05, 0.1) is 24.6 Å². The van der Waals surface area contributed by atoms with Crippen LogP contribution in [0.4, 0.5) is 0 Å². The smallest absolute Gasteiger partial charge is 0.261 e. The summed E-state index contributed by atoms with van der Waals surface area (Å²) in [6.07, 6.45) is 0.691. The number of hydrogen-bond acceptors (Lipinski definition) is 4. The van der Waals surface area contributed by atoms with Gasteiger partial charge in [0.1, 0.15) is 17.3 Å². The molecule has 4 aromatic rings. The van der Waals surface area contributed by atoms with Crippen LogP contribution in [0.5, 0.6) is 11.5 Å². The van der Waals surface area contributed by atoms with E-state index in [1.54, 1.807) is 11.7 Å². The number of rotatable bonds is 7. The number of methoxy groups -OCH3 is 1. The summed E-state index contributed by atoms with van der Waals surface area (Å²) in [4.78, 5) is 18.1. The summed E-state index contributed by atoms with van der Waals surface area (Å²) in [7, 11) is 1.63. The highest BCUT2D eigenvalue weighted by Gasteiger charge is 2.13. The minimum atomic E-state index is -0.0387. The summed E-state index contributed by atoms with van der Waals surface area (Å²) in [6, 6.07) is 21.3. The number of hydrogen-bond donors (Lipinski definition) is 0. The van der Waals surface area contributed by atoms with Gasteiger partial charge in [-0.25, -0.2) is 4.98 Å². The first-order valence-corrected chi connectivity index (χ1v) is 10.4. The highest BCUT2D eigenvalue weighted by molar-refractivity contribution is 5.79. The molecule has 0 amide bonds. The number of benzene rings is 3. The molecule has 0 fully saturated rings. The lowest BCUT2D eigenvalue weighted by molar-refractivity contribution is 0.299. The Morgan fingerprint density at radius 1 is 0.968 bits per heavy atom. The van der Waals surface area contributed by atoms with Crippen molar-refractivity contribution in [2.75, 3.05) is 13.7 Å². The van der Waals surface area contributed by atoms with E-state index in [9.17, 15) is 4.79 Å². The van der Waals surface area contributed by atoms with Crippen LogP contribution in [0.2, 0.25) is 0 Å². The van der Waals surface area contributed by atoms with Crippen molar-refractivity contribution in [1.82, 2.24) is 9.55 Å². The van der Waals surface area contributed by atoms with Crippen LogP contribution >= 0.6 is 0 Å². The fraction of sp³-hybridized carbons (Fsp3) is 0.231. The van der Waals surface area contributed by atoms with Gasteiger partial charge in [0.15, 0.2) is 0 Å². The molecule has 0 atom stereocenters. The molecule has 0 aliphatic heterocycles. The Bertz CT molecular complexity index is 1260. The predicted octanol–water partition coefficient (Wildman–Crippen LogP) is 5.16. The molecule has 0 saturated carbocycles. The fourth-order valence-electron chi connectivity index (χ4n) is 3.60. The molecule has 0 saturated heterocycles. The molecule has 0 unspecified atom stereocenters. The van der Waals surface area contributed by atoms with E-state index in [4.69, 9.17) is 14.5 Å². The average Bonchev–Trinajstić information content (AvgIpc) is 2.80. The van der Waals surface area contributed by atoms with Crippen LogP contribution < -0.4 is 15.0 Å². The summed E-state index contributed by atoms with van der Waals surface area (Å²) in [6.45, 7) is 5.12. The number of ether oxygens (including phenoxy) is 2. The maximum atomic E-state index is 13.3. The van der Waals surface area contributed by atoms with Gasteiger partial charge in [0.25, 0.3) is 5.56 Å². The largest absolute Gasteiger partial charge is 0.497 e. The SMILES string of the molecule is COc1ccc(-c2nc3ccccc3c(=O)n2CCCOc2cc(C)ccc2C)cc1. The highest BCUT2D eigenvalue weighted by Crippen LogP contribution is 2.23. The second-order valence-electron chi connectivity index (χ2n) is 7.61. The Kier molecular flexibility index (Phi) is 6.03. The molecule has 0 aliphatic rings.